The predicted molar refractivity (Wildman–Crippen MR) is 63.9 cm³/mol. The first kappa shape index (κ1) is 12.7. The summed E-state index contributed by atoms with van der Waals surface area (Å²) in [5, 5.41) is 0. The quantitative estimate of drug-likeness (QED) is 0.732. The molecule has 0 spiro atoms. The normalized spacial score (nSPS) is 10.2. The minimum absolute atomic E-state index is 0.586. The third-order valence-electron chi connectivity index (χ3n) is 2.21. The molecule has 0 aromatic carbocycles. The predicted octanol–water partition coefficient (Wildman–Crippen LogP) is 0.502. The number of methoxy groups -OCH3 is 2. The number of anilines is 1. The molecule has 0 fully saturated rings. The number of hydrogen-bond acceptors (Lipinski definition) is 5. The monoisotopic (exact) mass is 225 g/mol. The molecule has 1 aromatic heterocycles. The second-order valence-corrected chi connectivity index (χ2v) is 3.31. The van der Waals surface area contributed by atoms with Crippen molar-refractivity contribution in [3.8, 4) is 5.88 Å². The lowest BCUT2D eigenvalue weighted by atomic mass is 10.4. The van der Waals surface area contributed by atoms with E-state index in [1.54, 1.807) is 14.2 Å². The summed E-state index contributed by atoms with van der Waals surface area (Å²) >= 11 is 0. The topological polar surface area (TPSA) is 60.6 Å². The lowest BCUT2D eigenvalue weighted by Crippen LogP contribution is -2.33. The van der Waals surface area contributed by atoms with Gasteiger partial charge in [0.1, 0.15) is 5.82 Å². The van der Waals surface area contributed by atoms with Crippen molar-refractivity contribution in [3.05, 3.63) is 18.2 Å². The minimum atomic E-state index is 0.586. The van der Waals surface area contributed by atoms with Gasteiger partial charge in [0.05, 0.1) is 13.7 Å². The second kappa shape index (κ2) is 7.03. The number of pyridine rings is 1. The third-order valence-corrected chi connectivity index (χ3v) is 2.21. The Hall–Kier alpha value is -1.33. The van der Waals surface area contributed by atoms with Crippen LogP contribution in [0.25, 0.3) is 0 Å². The molecule has 0 aliphatic carbocycles. The second-order valence-electron chi connectivity index (χ2n) is 3.31. The van der Waals surface area contributed by atoms with Crippen LogP contribution in [0.5, 0.6) is 5.88 Å². The third kappa shape index (κ3) is 3.67. The van der Waals surface area contributed by atoms with Crippen LogP contribution in [0.4, 0.5) is 5.82 Å². The van der Waals surface area contributed by atoms with Crippen LogP contribution in [0.1, 0.15) is 0 Å². The van der Waals surface area contributed by atoms with E-state index in [1.807, 2.05) is 18.2 Å². The fraction of sp³-hybridized carbons (Fsp3) is 0.545. The van der Waals surface area contributed by atoms with E-state index in [0.29, 0.717) is 19.0 Å². The molecule has 0 radical (unpaired) electrons. The van der Waals surface area contributed by atoms with Crippen molar-refractivity contribution < 1.29 is 9.47 Å². The van der Waals surface area contributed by atoms with Crippen LogP contribution in [0.2, 0.25) is 0 Å². The summed E-state index contributed by atoms with van der Waals surface area (Å²) in [4.78, 5) is 6.43. The molecule has 1 rings (SSSR count). The summed E-state index contributed by atoms with van der Waals surface area (Å²) in [5.74, 6) is 1.47. The Labute approximate surface area is 96.2 Å². The highest BCUT2D eigenvalue weighted by Crippen LogP contribution is 2.14. The first-order valence-corrected chi connectivity index (χ1v) is 5.26. The maximum absolute atomic E-state index is 5.57. The van der Waals surface area contributed by atoms with Crippen molar-refractivity contribution in [2.24, 2.45) is 5.73 Å². The van der Waals surface area contributed by atoms with Crippen LogP contribution in [0.3, 0.4) is 0 Å². The Morgan fingerprint density at radius 3 is 2.75 bits per heavy atom. The van der Waals surface area contributed by atoms with Gasteiger partial charge in [0.2, 0.25) is 5.88 Å². The van der Waals surface area contributed by atoms with Gasteiger partial charge in [0.25, 0.3) is 0 Å². The molecule has 1 aromatic rings. The van der Waals surface area contributed by atoms with Crippen molar-refractivity contribution in [2.45, 2.75) is 0 Å². The minimum Gasteiger partial charge on any atom is -0.481 e. The average Bonchev–Trinajstić information content (AvgIpc) is 2.34. The van der Waals surface area contributed by atoms with Gasteiger partial charge in [-0.1, -0.05) is 6.07 Å². The Bertz CT molecular complexity index is 307. The highest BCUT2D eigenvalue weighted by Gasteiger charge is 2.07. The number of aromatic nitrogens is 1. The Morgan fingerprint density at radius 2 is 2.12 bits per heavy atom. The van der Waals surface area contributed by atoms with E-state index in [9.17, 15) is 0 Å². The fourth-order valence-corrected chi connectivity index (χ4v) is 1.39. The Morgan fingerprint density at radius 1 is 1.31 bits per heavy atom. The molecule has 0 aliphatic heterocycles. The van der Waals surface area contributed by atoms with Crippen LogP contribution in [-0.4, -0.2) is 45.4 Å². The molecular formula is C11H19N3O2. The molecule has 0 saturated carbocycles. The van der Waals surface area contributed by atoms with Crippen LogP contribution in [0, 0.1) is 0 Å². The van der Waals surface area contributed by atoms with Crippen molar-refractivity contribution in [2.75, 3.05) is 45.4 Å². The Balaban J connectivity index is 2.73. The lowest BCUT2D eigenvalue weighted by Gasteiger charge is -2.22. The molecule has 5 nitrogen and oxygen atoms in total. The number of hydrogen-bond donors (Lipinski definition) is 1. The molecule has 0 saturated heterocycles. The molecule has 2 N–H and O–H groups in total. The summed E-state index contributed by atoms with van der Waals surface area (Å²) in [6, 6.07) is 5.67. The molecule has 0 atom stereocenters. The number of nitrogens with zero attached hydrogens (tertiary/aromatic N) is 2. The van der Waals surface area contributed by atoms with Crippen molar-refractivity contribution >= 4 is 5.82 Å². The van der Waals surface area contributed by atoms with Crippen molar-refractivity contribution in [1.29, 1.82) is 0 Å². The van der Waals surface area contributed by atoms with E-state index < -0.39 is 0 Å². The van der Waals surface area contributed by atoms with E-state index in [0.717, 1.165) is 18.9 Å². The van der Waals surface area contributed by atoms with Gasteiger partial charge in [-0.15, -0.1) is 0 Å². The van der Waals surface area contributed by atoms with E-state index in [1.165, 1.54) is 0 Å². The van der Waals surface area contributed by atoms with Crippen LogP contribution in [0.15, 0.2) is 18.2 Å². The fourth-order valence-electron chi connectivity index (χ4n) is 1.39. The maximum atomic E-state index is 5.57. The van der Waals surface area contributed by atoms with Crippen LogP contribution >= 0.6 is 0 Å². The van der Waals surface area contributed by atoms with Gasteiger partial charge < -0.3 is 20.1 Å². The van der Waals surface area contributed by atoms with Crippen molar-refractivity contribution in [1.82, 2.24) is 4.98 Å². The molecule has 1 heterocycles. The van der Waals surface area contributed by atoms with E-state index in [-0.39, 0.29) is 0 Å². The summed E-state index contributed by atoms with van der Waals surface area (Å²) < 4.78 is 10.1. The highest BCUT2D eigenvalue weighted by atomic mass is 16.5. The molecule has 5 heteroatoms. The summed E-state index contributed by atoms with van der Waals surface area (Å²) in [7, 11) is 3.29. The Kier molecular flexibility index (Phi) is 5.60. The molecule has 0 unspecified atom stereocenters. The molecule has 0 bridgehead atoms. The van der Waals surface area contributed by atoms with Gasteiger partial charge in [-0.25, -0.2) is 0 Å². The first-order chi connectivity index (χ1) is 7.81. The molecule has 0 amide bonds. The van der Waals surface area contributed by atoms with Gasteiger partial charge >= 0.3 is 0 Å². The number of nitrogens with two attached hydrogens (primary N) is 1. The lowest BCUT2D eigenvalue weighted by molar-refractivity contribution is 0.205. The van der Waals surface area contributed by atoms with Crippen LogP contribution in [-0.2, 0) is 4.74 Å². The highest BCUT2D eigenvalue weighted by molar-refractivity contribution is 5.40. The van der Waals surface area contributed by atoms with E-state index in [2.05, 4.69) is 9.88 Å². The zero-order valence-electron chi connectivity index (χ0n) is 9.85. The summed E-state index contributed by atoms with van der Waals surface area (Å²) in [6.07, 6.45) is 0. The first-order valence-electron chi connectivity index (χ1n) is 5.26. The van der Waals surface area contributed by atoms with E-state index in [4.69, 9.17) is 15.2 Å². The van der Waals surface area contributed by atoms with Gasteiger partial charge in [-0.3, -0.25) is 0 Å². The summed E-state index contributed by atoms with van der Waals surface area (Å²) in [5.41, 5.74) is 5.57. The van der Waals surface area contributed by atoms with Gasteiger partial charge in [0, 0.05) is 32.8 Å². The zero-order valence-corrected chi connectivity index (χ0v) is 9.85. The molecular weight excluding hydrogens is 206 g/mol. The molecule has 90 valence electrons. The van der Waals surface area contributed by atoms with E-state index >= 15 is 0 Å². The summed E-state index contributed by atoms with van der Waals surface area (Å²) in [6.45, 7) is 2.76. The largest absolute Gasteiger partial charge is 0.481 e. The number of rotatable bonds is 7. The maximum Gasteiger partial charge on any atom is 0.214 e. The zero-order chi connectivity index (χ0) is 11.8. The SMILES string of the molecule is COCCN(CCN)c1cccc(OC)n1. The van der Waals surface area contributed by atoms with Gasteiger partial charge in [-0.2, -0.15) is 4.98 Å². The molecule has 16 heavy (non-hydrogen) atoms. The molecule has 0 aliphatic rings. The van der Waals surface area contributed by atoms with Gasteiger partial charge in [-0.05, 0) is 6.07 Å². The average molecular weight is 225 g/mol. The van der Waals surface area contributed by atoms with Crippen LogP contribution < -0.4 is 15.4 Å². The smallest absolute Gasteiger partial charge is 0.214 e. The van der Waals surface area contributed by atoms with Crippen molar-refractivity contribution in [3.63, 3.8) is 0 Å². The number of ether oxygens (including phenoxy) is 2. The standard InChI is InChI=1S/C11H19N3O2/c1-15-9-8-14(7-6-12)10-4-3-5-11(13-10)16-2/h3-5H,6-9,12H2,1-2H3. The van der Waals surface area contributed by atoms with Gasteiger partial charge in [0.15, 0.2) is 0 Å².